The molecule has 0 radical (unpaired) electrons. The molecule has 1 saturated heterocycles. The summed E-state index contributed by atoms with van der Waals surface area (Å²) in [7, 11) is 0. The van der Waals surface area contributed by atoms with Crippen LogP contribution < -0.4 is 0 Å². The van der Waals surface area contributed by atoms with Crippen molar-refractivity contribution in [3.05, 3.63) is 17.5 Å². The molecule has 1 aliphatic heterocycles. The molecule has 0 spiro atoms. The molecule has 1 aromatic heterocycles. The minimum absolute atomic E-state index is 0.873. The zero-order chi connectivity index (χ0) is 11.4. The van der Waals surface area contributed by atoms with Gasteiger partial charge in [0.05, 0.1) is 26.0 Å². The first kappa shape index (κ1) is 11.6. The van der Waals surface area contributed by atoms with Crippen molar-refractivity contribution in [2.24, 2.45) is 0 Å². The molecule has 0 aromatic carbocycles. The average molecular weight is 223 g/mol. The van der Waals surface area contributed by atoms with E-state index < -0.39 is 0 Å². The Balaban J connectivity index is 1.86. The van der Waals surface area contributed by atoms with Crippen molar-refractivity contribution in [1.82, 2.24) is 14.7 Å². The van der Waals surface area contributed by atoms with Crippen LogP contribution in [0.5, 0.6) is 0 Å². The summed E-state index contributed by atoms with van der Waals surface area (Å²) >= 11 is 0. The topological polar surface area (TPSA) is 30.3 Å². The number of aryl methyl sites for hydroxylation is 1. The van der Waals surface area contributed by atoms with E-state index in [1.165, 1.54) is 11.3 Å². The first-order chi connectivity index (χ1) is 7.81. The maximum atomic E-state index is 5.33. The van der Waals surface area contributed by atoms with Crippen LogP contribution >= 0.6 is 0 Å². The van der Waals surface area contributed by atoms with Crippen LogP contribution in [0.4, 0.5) is 0 Å². The van der Waals surface area contributed by atoms with Crippen LogP contribution in [0.25, 0.3) is 0 Å². The summed E-state index contributed by atoms with van der Waals surface area (Å²) in [4.78, 5) is 2.44. The Bertz CT molecular complexity index is 329. The number of aromatic nitrogens is 2. The molecular formula is C12H21N3O. The summed E-state index contributed by atoms with van der Waals surface area (Å²) in [6, 6.07) is 0. The SMILES string of the molecule is CCc1cnn(CCN2CCOCC2)c1C. The van der Waals surface area contributed by atoms with Gasteiger partial charge in [-0.25, -0.2) is 0 Å². The van der Waals surface area contributed by atoms with Gasteiger partial charge in [-0.15, -0.1) is 0 Å². The highest BCUT2D eigenvalue weighted by molar-refractivity contribution is 5.15. The molecular weight excluding hydrogens is 202 g/mol. The minimum Gasteiger partial charge on any atom is -0.379 e. The molecule has 90 valence electrons. The molecule has 2 rings (SSSR count). The van der Waals surface area contributed by atoms with E-state index in [4.69, 9.17) is 4.74 Å². The Morgan fingerprint density at radius 2 is 2.06 bits per heavy atom. The lowest BCUT2D eigenvalue weighted by Crippen LogP contribution is -2.38. The minimum atomic E-state index is 0.873. The monoisotopic (exact) mass is 223 g/mol. The van der Waals surface area contributed by atoms with Gasteiger partial charge in [-0.3, -0.25) is 9.58 Å². The lowest BCUT2D eigenvalue weighted by molar-refractivity contribution is 0.0359. The lowest BCUT2D eigenvalue weighted by atomic mass is 10.2. The molecule has 0 amide bonds. The Kier molecular flexibility index (Phi) is 3.96. The summed E-state index contributed by atoms with van der Waals surface area (Å²) in [5.41, 5.74) is 2.68. The third kappa shape index (κ3) is 2.62. The molecule has 0 aliphatic carbocycles. The maximum Gasteiger partial charge on any atom is 0.0594 e. The molecule has 4 nitrogen and oxygen atoms in total. The van der Waals surface area contributed by atoms with Crippen LogP contribution in [-0.2, 0) is 17.7 Å². The van der Waals surface area contributed by atoms with Crippen molar-refractivity contribution < 1.29 is 4.74 Å². The average Bonchev–Trinajstić information content (AvgIpc) is 2.69. The number of morpholine rings is 1. The second-order valence-electron chi connectivity index (χ2n) is 4.29. The number of ether oxygens (including phenoxy) is 1. The van der Waals surface area contributed by atoms with Crippen LogP contribution in [0.3, 0.4) is 0 Å². The van der Waals surface area contributed by atoms with Gasteiger partial charge in [-0.2, -0.15) is 5.10 Å². The van der Waals surface area contributed by atoms with Crippen molar-refractivity contribution >= 4 is 0 Å². The largest absolute Gasteiger partial charge is 0.379 e. The Labute approximate surface area is 97.2 Å². The zero-order valence-electron chi connectivity index (χ0n) is 10.3. The van der Waals surface area contributed by atoms with Crippen molar-refractivity contribution in [3.8, 4) is 0 Å². The van der Waals surface area contributed by atoms with Crippen molar-refractivity contribution in [3.63, 3.8) is 0 Å². The highest BCUT2D eigenvalue weighted by Gasteiger charge is 2.11. The van der Waals surface area contributed by atoms with Gasteiger partial charge < -0.3 is 4.74 Å². The molecule has 16 heavy (non-hydrogen) atoms. The van der Waals surface area contributed by atoms with Crippen LogP contribution in [0.1, 0.15) is 18.2 Å². The molecule has 0 bridgehead atoms. The molecule has 1 aliphatic rings. The molecule has 4 heteroatoms. The number of hydrogen-bond acceptors (Lipinski definition) is 3. The Morgan fingerprint density at radius 1 is 1.31 bits per heavy atom. The number of rotatable bonds is 4. The third-order valence-electron chi connectivity index (χ3n) is 3.32. The molecule has 0 saturated carbocycles. The van der Waals surface area contributed by atoms with Gasteiger partial charge in [0, 0.05) is 25.3 Å². The Hall–Kier alpha value is -0.870. The van der Waals surface area contributed by atoms with Gasteiger partial charge in [0.25, 0.3) is 0 Å². The summed E-state index contributed by atoms with van der Waals surface area (Å²) in [5, 5.41) is 4.43. The summed E-state index contributed by atoms with van der Waals surface area (Å²) < 4.78 is 7.45. The van der Waals surface area contributed by atoms with E-state index in [1.807, 2.05) is 6.20 Å². The second-order valence-corrected chi connectivity index (χ2v) is 4.29. The van der Waals surface area contributed by atoms with Gasteiger partial charge in [0.2, 0.25) is 0 Å². The van der Waals surface area contributed by atoms with Gasteiger partial charge in [-0.1, -0.05) is 6.92 Å². The third-order valence-corrected chi connectivity index (χ3v) is 3.32. The summed E-state index contributed by atoms with van der Waals surface area (Å²) in [5.74, 6) is 0. The van der Waals surface area contributed by atoms with Gasteiger partial charge in [0.15, 0.2) is 0 Å². The van der Waals surface area contributed by atoms with Crippen LogP contribution in [-0.4, -0.2) is 47.5 Å². The first-order valence-corrected chi connectivity index (χ1v) is 6.12. The summed E-state index contributed by atoms with van der Waals surface area (Å²) in [6.07, 6.45) is 3.07. The number of nitrogens with zero attached hydrogens (tertiary/aromatic N) is 3. The Morgan fingerprint density at radius 3 is 2.69 bits per heavy atom. The predicted octanol–water partition coefficient (Wildman–Crippen LogP) is 1.09. The molecule has 2 heterocycles. The van der Waals surface area contributed by atoms with Crippen LogP contribution in [0.2, 0.25) is 0 Å². The van der Waals surface area contributed by atoms with E-state index in [0.29, 0.717) is 0 Å². The smallest absolute Gasteiger partial charge is 0.0594 e. The van der Waals surface area contributed by atoms with E-state index in [-0.39, 0.29) is 0 Å². The van der Waals surface area contributed by atoms with E-state index in [2.05, 4.69) is 28.5 Å². The number of hydrogen-bond donors (Lipinski definition) is 0. The fourth-order valence-electron chi connectivity index (χ4n) is 2.12. The molecule has 1 fully saturated rings. The lowest BCUT2D eigenvalue weighted by Gasteiger charge is -2.26. The quantitative estimate of drug-likeness (QED) is 0.765. The zero-order valence-corrected chi connectivity index (χ0v) is 10.3. The van der Waals surface area contributed by atoms with E-state index >= 15 is 0 Å². The van der Waals surface area contributed by atoms with Crippen molar-refractivity contribution in [1.29, 1.82) is 0 Å². The van der Waals surface area contributed by atoms with E-state index in [0.717, 1.165) is 45.8 Å². The predicted molar refractivity (Wildman–Crippen MR) is 63.6 cm³/mol. The first-order valence-electron chi connectivity index (χ1n) is 6.12. The van der Waals surface area contributed by atoms with E-state index in [1.54, 1.807) is 0 Å². The summed E-state index contributed by atoms with van der Waals surface area (Å²) in [6.45, 7) is 10.3. The van der Waals surface area contributed by atoms with Crippen LogP contribution in [0, 0.1) is 6.92 Å². The molecule has 1 aromatic rings. The second kappa shape index (κ2) is 5.46. The molecule has 0 N–H and O–H groups in total. The van der Waals surface area contributed by atoms with Gasteiger partial charge in [-0.05, 0) is 18.9 Å². The van der Waals surface area contributed by atoms with Gasteiger partial charge in [0.1, 0.15) is 0 Å². The highest BCUT2D eigenvalue weighted by Crippen LogP contribution is 2.08. The fraction of sp³-hybridized carbons (Fsp3) is 0.750. The highest BCUT2D eigenvalue weighted by atomic mass is 16.5. The fourth-order valence-corrected chi connectivity index (χ4v) is 2.12. The van der Waals surface area contributed by atoms with Crippen molar-refractivity contribution in [2.75, 3.05) is 32.8 Å². The molecule has 0 unspecified atom stereocenters. The maximum absolute atomic E-state index is 5.33. The standard InChI is InChI=1S/C12H21N3O/c1-3-12-10-13-15(11(12)2)5-4-14-6-8-16-9-7-14/h10H,3-9H2,1-2H3. The molecule has 0 atom stereocenters. The van der Waals surface area contributed by atoms with E-state index in [9.17, 15) is 0 Å². The van der Waals surface area contributed by atoms with Crippen molar-refractivity contribution in [2.45, 2.75) is 26.8 Å². The normalized spacial score (nSPS) is 17.9. The van der Waals surface area contributed by atoms with Crippen LogP contribution in [0.15, 0.2) is 6.20 Å². The van der Waals surface area contributed by atoms with Gasteiger partial charge >= 0.3 is 0 Å².